The van der Waals surface area contributed by atoms with E-state index in [0.717, 1.165) is 6.42 Å². The molecule has 0 fully saturated rings. The van der Waals surface area contributed by atoms with Crippen LogP contribution in [0.4, 0.5) is 0 Å². The van der Waals surface area contributed by atoms with Gasteiger partial charge in [0.1, 0.15) is 0 Å². The van der Waals surface area contributed by atoms with Gasteiger partial charge in [-0.1, -0.05) is 71.3 Å². The Labute approximate surface area is 113 Å². The first-order valence-electron chi connectivity index (χ1n) is 7.63. The Morgan fingerprint density at radius 3 is 2.06 bits per heavy atom. The first-order chi connectivity index (χ1) is 8.70. The second-order valence-corrected chi connectivity index (χ2v) is 5.23. The van der Waals surface area contributed by atoms with Gasteiger partial charge < -0.3 is 5.32 Å². The Kier molecular flexibility index (Phi) is 12.1. The molecule has 0 aliphatic rings. The minimum absolute atomic E-state index is 0.0570. The third-order valence-electron chi connectivity index (χ3n) is 3.31. The smallest absolute Gasteiger partial charge is 0.243 e. The maximum atomic E-state index is 11.1. The standard InChI is InChI=1S/C16H31NO/c1-4-6-7-8-9-10-11-12-13-14-15(3)17-16(18)5-2/h5,15H,2,4,6-14H2,1,3H3,(H,17,18). The summed E-state index contributed by atoms with van der Waals surface area (Å²) in [5, 5.41) is 2.90. The number of hydrogen-bond donors (Lipinski definition) is 1. The van der Waals surface area contributed by atoms with Crippen molar-refractivity contribution in [2.75, 3.05) is 0 Å². The van der Waals surface area contributed by atoms with E-state index in [0.29, 0.717) is 0 Å². The van der Waals surface area contributed by atoms with E-state index in [1.807, 2.05) is 0 Å². The van der Waals surface area contributed by atoms with Crippen molar-refractivity contribution in [1.29, 1.82) is 0 Å². The third kappa shape index (κ3) is 11.7. The summed E-state index contributed by atoms with van der Waals surface area (Å²) >= 11 is 0. The maximum absolute atomic E-state index is 11.1. The van der Waals surface area contributed by atoms with Crippen LogP contribution < -0.4 is 5.32 Å². The van der Waals surface area contributed by atoms with Gasteiger partial charge in [0.25, 0.3) is 0 Å². The molecule has 1 amide bonds. The molecule has 0 aliphatic carbocycles. The lowest BCUT2D eigenvalue weighted by Gasteiger charge is -2.11. The molecule has 0 aromatic carbocycles. The molecule has 106 valence electrons. The van der Waals surface area contributed by atoms with Crippen LogP contribution in [0.1, 0.15) is 78.1 Å². The number of unbranched alkanes of at least 4 members (excludes halogenated alkanes) is 8. The molecule has 0 aliphatic heterocycles. The van der Waals surface area contributed by atoms with Gasteiger partial charge in [0, 0.05) is 6.04 Å². The van der Waals surface area contributed by atoms with Crippen molar-refractivity contribution in [2.45, 2.75) is 84.1 Å². The summed E-state index contributed by atoms with van der Waals surface area (Å²) in [6.45, 7) is 7.77. The molecular formula is C16H31NO. The van der Waals surface area contributed by atoms with E-state index in [1.165, 1.54) is 63.9 Å². The van der Waals surface area contributed by atoms with Gasteiger partial charge in [-0.15, -0.1) is 0 Å². The van der Waals surface area contributed by atoms with Crippen LogP contribution in [-0.4, -0.2) is 11.9 Å². The molecule has 0 saturated heterocycles. The molecule has 1 atom stereocenters. The van der Waals surface area contributed by atoms with Crippen LogP contribution in [0.25, 0.3) is 0 Å². The lowest BCUT2D eigenvalue weighted by atomic mass is 10.0. The van der Waals surface area contributed by atoms with E-state index >= 15 is 0 Å². The normalized spacial score (nSPS) is 12.1. The first kappa shape index (κ1) is 17.2. The Balaban J connectivity index is 3.19. The highest BCUT2D eigenvalue weighted by atomic mass is 16.1. The zero-order valence-electron chi connectivity index (χ0n) is 12.3. The van der Waals surface area contributed by atoms with Crippen LogP contribution in [0.3, 0.4) is 0 Å². The topological polar surface area (TPSA) is 29.1 Å². The van der Waals surface area contributed by atoms with Crippen molar-refractivity contribution in [2.24, 2.45) is 0 Å². The summed E-state index contributed by atoms with van der Waals surface area (Å²) in [6.07, 6.45) is 14.6. The molecule has 0 heterocycles. The Morgan fingerprint density at radius 2 is 1.56 bits per heavy atom. The van der Waals surface area contributed by atoms with Crippen molar-refractivity contribution < 1.29 is 4.79 Å². The van der Waals surface area contributed by atoms with E-state index in [2.05, 4.69) is 25.7 Å². The maximum Gasteiger partial charge on any atom is 0.243 e. The van der Waals surface area contributed by atoms with Gasteiger partial charge in [-0.05, 0) is 19.4 Å². The summed E-state index contributed by atoms with van der Waals surface area (Å²) in [5.41, 5.74) is 0. The van der Waals surface area contributed by atoms with E-state index < -0.39 is 0 Å². The zero-order chi connectivity index (χ0) is 13.6. The molecule has 0 radical (unpaired) electrons. The zero-order valence-corrected chi connectivity index (χ0v) is 12.3. The van der Waals surface area contributed by atoms with Gasteiger partial charge in [-0.3, -0.25) is 4.79 Å². The monoisotopic (exact) mass is 253 g/mol. The Morgan fingerprint density at radius 1 is 1.06 bits per heavy atom. The van der Waals surface area contributed by atoms with Crippen LogP contribution in [0, 0.1) is 0 Å². The highest BCUT2D eigenvalue weighted by Gasteiger charge is 2.03. The van der Waals surface area contributed by atoms with Crippen LogP contribution in [-0.2, 0) is 4.79 Å². The second-order valence-electron chi connectivity index (χ2n) is 5.23. The quantitative estimate of drug-likeness (QED) is 0.400. The number of amides is 1. The fourth-order valence-electron chi connectivity index (χ4n) is 2.14. The highest BCUT2D eigenvalue weighted by Crippen LogP contribution is 2.11. The predicted molar refractivity (Wildman–Crippen MR) is 79.6 cm³/mol. The van der Waals surface area contributed by atoms with E-state index in [1.54, 1.807) is 0 Å². The number of hydrogen-bond acceptors (Lipinski definition) is 1. The summed E-state index contributed by atoms with van der Waals surface area (Å²) in [7, 11) is 0. The second kappa shape index (κ2) is 12.7. The molecular weight excluding hydrogens is 222 g/mol. The summed E-state index contributed by atoms with van der Waals surface area (Å²) in [6, 6.07) is 0.278. The van der Waals surface area contributed by atoms with Gasteiger partial charge in [0.05, 0.1) is 0 Å². The molecule has 18 heavy (non-hydrogen) atoms. The first-order valence-corrected chi connectivity index (χ1v) is 7.63. The molecule has 0 spiro atoms. The molecule has 0 saturated carbocycles. The van der Waals surface area contributed by atoms with Crippen LogP contribution in [0.15, 0.2) is 12.7 Å². The summed E-state index contributed by atoms with van der Waals surface area (Å²) in [5.74, 6) is -0.0570. The van der Waals surface area contributed by atoms with Crippen molar-refractivity contribution in [3.8, 4) is 0 Å². The Bertz CT molecular complexity index is 213. The van der Waals surface area contributed by atoms with Gasteiger partial charge in [-0.25, -0.2) is 0 Å². The molecule has 1 unspecified atom stereocenters. The van der Waals surface area contributed by atoms with Gasteiger partial charge in [0.15, 0.2) is 0 Å². The summed E-state index contributed by atoms with van der Waals surface area (Å²) < 4.78 is 0. The van der Waals surface area contributed by atoms with Gasteiger partial charge in [0.2, 0.25) is 5.91 Å². The number of carbonyl (C=O) groups excluding carboxylic acids is 1. The van der Waals surface area contributed by atoms with E-state index in [-0.39, 0.29) is 11.9 Å². The highest BCUT2D eigenvalue weighted by molar-refractivity contribution is 5.87. The number of rotatable bonds is 12. The lowest BCUT2D eigenvalue weighted by molar-refractivity contribution is -0.117. The van der Waals surface area contributed by atoms with Crippen molar-refractivity contribution >= 4 is 5.91 Å². The molecule has 1 N–H and O–H groups in total. The number of nitrogens with one attached hydrogen (secondary N) is 1. The molecule has 2 nitrogen and oxygen atoms in total. The van der Waals surface area contributed by atoms with Crippen LogP contribution in [0.2, 0.25) is 0 Å². The SMILES string of the molecule is C=CC(=O)NC(C)CCCCCCCCCCC. The lowest BCUT2D eigenvalue weighted by Crippen LogP contribution is -2.30. The van der Waals surface area contributed by atoms with Gasteiger partial charge in [-0.2, -0.15) is 0 Å². The van der Waals surface area contributed by atoms with Crippen LogP contribution in [0.5, 0.6) is 0 Å². The van der Waals surface area contributed by atoms with Crippen molar-refractivity contribution in [3.63, 3.8) is 0 Å². The van der Waals surface area contributed by atoms with E-state index in [9.17, 15) is 4.79 Å². The fourth-order valence-corrected chi connectivity index (χ4v) is 2.14. The third-order valence-corrected chi connectivity index (χ3v) is 3.31. The van der Waals surface area contributed by atoms with Crippen molar-refractivity contribution in [3.05, 3.63) is 12.7 Å². The largest absolute Gasteiger partial charge is 0.350 e. The minimum Gasteiger partial charge on any atom is -0.350 e. The molecule has 0 bridgehead atoms. The average Bonchev–Trinajstić information content (AvgIpc) is 2.36. The number of carbonyl (C=O) groups is 1. The van der Waals surface area contributed by atoms with Crippen molar-refractivity contribution in [1.82, 2.24) is 5.32 Å². The molecule has 0 aromatic rings. The summed E-state index contributed by atoms with van der Waals surface area (Å²) in [4.78, 5) is 11.1. The molecule has 2 heteroatoms. The van der Waals surface area contributed by atoms with Gasteiger partial charge >= 0.3 is 0 Å². The fraction of sp³-hybridized carbons (Fsp3) is 0.812. The molecule has 0 rings (SSSR count). The van der Waals surface area contributed by atoms with Crippen LogP contribution >= 0.6 is 0 Å². The van der Waals surface area contributed by atoms with E-state index in [4.69, 9.17) is 0 Å². The average molecular weight is 253 g/mol. The predicted octanol–water partition coefficient (Wildman–Crippen LogP) is 4.60. The Hall–Kier alpha value is -0.790. The minimum atomic E-state index is -0.0570. The molecule has 0 aromatic heterocycles.